The van der Waals surface area contributed by atoms with Gasteiger partial charge in [-0.3, -0.25) is 4.90 Å². The molecular weight excluding hydrogens is 244 g/mol. The second-order valence-electron chi connectivity index (χ2n) is 7.57. The van der Waals surface area contributed by atoms with E-state index in [4.69, 9.17) is 0 Å². The molecule has 110 valence electrons. The molecule has 2 heteroatoms. The summed E-state index contributed by atoms with van der Waals surface area (Å²) in [6, 6.07) is 9.45. The van der Waals surface area contributed by atoms with Gasteiger partial charge in [0.2, 0.25) is 0 Å². The Labute approximate surface area is 123 Å². The van der Waals surface area contributed by atoms with E-state index in [-0.39, 0.29) is 0 Å². The summed E-state index contributed by atoms with van der Waals surface area (Å²) in [6.45, 7) is 10.8. The summed E-state index contributed by atoms with van der Waals surface area (Å²) < 4.78 is 0. The van der Waals surface area contributed by atoms with E-state index < -0.39 is 0 Å². The molecule has 1 saturated heterocycles. The summed E-state index contributed by atoms with van der Waals surface area (Å²) in [5.74, 6) is 0.891. The number of fused-ring (bicyclic) bond motifs is 1. The lowest BCUT2D eigenvalue weighted by Crippen LogP contribution is -2.48. The molecule has 1 N–H and O–H groups in total. The number of hydrogen-bond acceptors (Lipinski definition) is 2. The van der Waals surface area contributed by atoms with Crippen molar-refractivity contribution in [3.63, 3.8) is 0 Å². The zero-order valence-corrected chi connectivity index (χ0v) is 13.2. The van der Waals surface area contributed by atoms with Crippen LogP contribution < -0.4 is 5.32 Å². The highest BCUT2D eigenvalue weighted by Crippen LogP contribution is 2.35. The molecule has 1 unspecified atom stereocenters. The third kappa shape index (κ3) is 2.85. The van der Waals surface area contributed by atoms with Crippen molar-refractivity contribution >= 4 is 5.69 Å². The Morgan fingerprint density at radius 2 is 1.80 bits per heavy atom. The number of benzene rings is 1. The van der Waals surface area contributed by atoms with Crippen molar-refractivity contribution in [3.05, 3.63) is 29.8 Å². The van der Waals surface area contributed by atoms with E-state index >= 15 is 0 Å². The molecule has 0 bridgehead atoms. The normalized spacial score (nSPS) is 25.1. The van der Waals surface area contributed by atoms with Crippen LogP contribution in [0.3, 0.4) is 0 Å². The Kier molecular flexibility index (Phi) is 3.76. The van der Waals surface area contributed by atoms with Gasteiger partial charge in [0.15, 0.2) is 0 Å². The molecule has 1 fully saturated rings. The Hall–Kier alpha value is -1.02. The van der Waals surface area contributed by atoms with Gasteiger partial charge in [-0.05, 0) is 55.3 Å². The maximum Gasteiger partial charge on any atom is 0.0373 e. The molecule has 2 nitrogen and oxygen atoms in total. The van der Waals surface area contributed by atoms with E-state index in [1.54, 1.807) is 0 Å². The van der Waals surface area contributed by atoms with E-state index in [1.807, 2.05) is 0 Å². The average molecular weight is 272 g/mol. The lowest BCUT2D eigenvalue weighted by Gasteiger charge is -2.43. The van der Waals surface area contributed by atoms with Crippen molar-refractivity contribution in [2.75, 3.05) is 25.0 Å². The molecule has 0 radical (unpaired) electrons. The van der Waals surface area contributed by atoms with Crippen LogP contribution in [-0.2, 0) is 6.42 Å². The molecule has 20 heavy (non-hydrogen) atoms. The molecule has 2 heterocycles. The summed E-state index contributed by atoms with van der Waals surface area (Å²) >= 11 is 0. The molecule has 1 atom stereocenters. The Bertz CT molecular complexity index is 453. The number of hydrogen-bond donors (Lipinski definition) is 1. The Morgan fingerprint density at radius 3 is 2.50 bits per heavy atom. The van der Waals surface area contributed by atoms with Gasteiger partial charge in [-0.2, -0.15) is 0 Å². The minimum absolute atomic E-state index is 0.476. The van der Waals surface area contributed by atoms with Crippen LogP contribution in [0.2, 0.25) is 0 Å². The fourth-order valence-electron chi connectivity index (χ4n) is 3.81. The highest BCUT2D eigenvalue weighted by Gasteiger charge is 2.32. The summed E-state index contributed by atoms with van der Waals surface area (Å²) in [4.78, 5) is 2.71. The molecule has 0 aliphatic carbocycles. The molecule has 0 saturated carbocycles. The first-order chi connectivity index (χ1) is 9.54. The third-order valence-electron chi connectivity index (χ3n) is 5.27. The SMILES string of the molecule is CC(C)(C)C1CCN(C2CNc3ccccc3C2)CC1. The van der Waals surface area contributed by atoms with Crippen molar-refractivity contribution in [1.82, 2.24) is 4.90 Å². The molecule has 0 aromatic heterocycles. The van der Waals surface area contributed by atoms with Gasteiger partial charge in [-0.25, -0.2) is 0 Å². The molecule has 1 aromatic carbocycles. The molecule has 0 amide bonds. The van der Waals surface area contributed by atoms with Gasteiger partial charge in [0, 0.05) is 18.3 Å². The Morgan fingerprint density at radius 1 is 1.10 bits per heavy atom. The first-order valence-corrected chi connectivity index (χ1v) is 8.10. The van der Waals surface area contributed by atoms with Crippen LogP contribution in [0.5, 0.6) is 0 Å². The number of nitrogens with one attached hydrogen (secondary N) is 1. The number of likely N-dealkylation sites (tertiary alicyclic amines) is 1. The zero-order valence-electron chi connectivity index (χ0n) is 13.2. The first-order valence-electron chi connectivity index (χ1n) is 8.10. The zero-order chi connectivity index (χ0) is 14.2. The van der Waals surface area contributed by atoms with Gasteiger partial charge >= 0.3 is 0 Å². The Balaban J connectivity index is 1.60. The lowest BCUT2D eigenvalue weighted by atomic mass is 9.75. The minimum atomic E-state index is 0.476. The van der Waals surface area contributed by atoms with Crippen LogP contribution >= 0.6 is 0 Å². The molecule has 2 aliphatic rings. The van der Waals surface area contributed by atoms with E-state index in [0.29, 0.717) is 11.5 Å². The van der Waals surface area contributed by atoms with Crippen LogP contribution in [0, 0.1) is 11.3 Å². The van der Waals surface area contributed by atoms with Gasteiger partial charge in [0.1, 0.15) is 0 Å². The van der Waals surface area contributed by atoms with Gasteiger partial charge < -0.3 is 5.32 Å². The quantitative estimate of drug-likeness (QED) is 0.837. The molecule has 1 aromatic rings. The predicted molar refractivity (Wildman–Crippen MR) is 86.2 cm³/mol. The number of para-hydroxylation sites is 1. The maximum absolute atomic E-state index is 3.61. The van der Waals surface area contributed by atoms with Crippen molar-refractivity contribution in [2.24, 2.45) is 11.3 Å². The van der Waals surface area contributed by atoms with Crippen LogP contribution in [0.1, 0.15) is 39.2 Å². The minimum Gasteiger partial charge on any atom is -0.383 e. The van der Waals surface area contributed by atoms with Crippen molar-refractivity contribution in [1.29, 1.82) is 0 Å². The van der Waals surface area contributed by atoms with E-state index in [9.17, 15) is 0 Å². The predicted octanol–water partition coefficient (Wildman–Crippen LogP) is 3.78. The fraction of sp³-hybridized carbons (Fsp3) is 0.667. The summed E-state index contributed by atoms with van der Waals surface area (Å²) in [5, 5.41) is 3.61. The standard InChI is InChI=1S/C18H28N2/c1-18(2,3)15-8-10-20(11-9-15)16-12-14-6-4-5-7-17(14)19-13-16/h4-7,15-16,19H,8-13H2,1-3H3. The van der Waals surface area contributed by atoms with Gasteiger partial charge in [0.05, 0.1) is 0 Å². The fourth-order valence-corrected chi connectivity index (χ4v) is 3.81. The lowest BCUT2D eigenvalue weighted by molar-refractivity contribution is 0.0851. The van der Waals surface area contributed by atoms with Gasteiger partial charge in [0.25, 0.3) is 0 Å². The number of piperidine rings is 1. The summed E-state index contributed by atoms with van der Waals surface area (Å²) in [6.07, 6.45) is 3.94. The monoisotopic (exact) mass is 272 g/mol. The van der Waals surface area contributed by atoms with Crippen LogP contribution in [-0.4, -0.2) is 30.6 Å². The van der Waals surface area contributed by atoms with Gasteiger partial charge in [-0.15, -0.1) is 0 Å². The second kappa shape index (κ2) is 5.40. The highest BCUT2D eigenvalue weighted by atomic mass is 15.2. The van der Waals surface area contributed by atoms with Crippen molar-refractivity contribution < 1.29 is 0 Å². The molecule has 0 spiro atoms. The maximum atomic E-state index is 3.61. The van der Waals surface area contributed by atoms with E-state index in [2.05, 4.69) is 55.3 Å². The van der Waals surface area contributed by atoms with Crippen LogP contribution in [0.4, 0.5) is 5.69 Å². The van der Waals surface area contributed by atoms with Gasteiger partial charge in [-0.1, -0.05) is 39.0 Å². The van der Waals surface area contributed by atoms with Crippen molar-refractivity contribution in [2.45, 2.75) is 46.1 Å². The smallest absolute Gasteiger partial charge is 0.0373 e. The number of anilines is 1. The molecule has 2 aliphatic heterocycles. The highest BCUT2D eigenvalue weighted by molar-refractivity contribution is 5.53. The summed E-state index contributed by atoms with van der Waals surface area (Å²) in [5.41, 5.74) is 3.30. The first kappa shape index (κ1) is 13.9. The van der Waals surface area contributed by atoms with Crippen LogP contribution in [0.25, 0.3) is 0 Å². The topological polar surface area (TPSA) is 15.3 Å². The van der Waals surface area contributed by atoms with E-state index in [0.717, 1.165) is 12.5 Å². The second-order valence-corrected chi connectivity index (χ2v) is 7.57. The molecular formula is C18H28N2. The number of nitrogens with zero attached hydrogens (tertiary/aromatic N) is 1. The van der Waals surface area contributed by atoms with Crippen LogP contribution in [0.15, 0.2) is 24.3 Å². The third-order valence-corrected chi connectivity index (χ3v) is 5.27. The van der Waals surface area contributed by atoms with Crippen molar-refractivity contribution in [3.8, 4) is 0 Å². The van der Waals surface area contributed by atoms with E-state index in [1.165, 1.54) is 43.6 Å². The largest absolute Gasteiger partial charge is 0.383 e. The summed E-state index contributed by atoms with van der Waals surface area (Å²) in [7, 11) is 0. The number of rotatable bonds is 1. The molecule has 3 rings (SSSR count). The average Bonchev–Trinajstić information content (AvgIpc) is 2.46.